The van der Waals surface area contributed by atoms with E-state index in [-0.39, 0.29) is 17.6 Å². The van der Waals surface area contributed by atoms with Gasteiger partial charge in [0.25, 0.3) is 5.91 Å². The highest BCUT2D eigenvalue weighted by atomic mass is 16.2. The molecular formula is C20H24N4O2. The van der Waals surface area contributed by atoms with E-state index in [0.29, 0.717) is 23.5 Å². The summed E-state index contributed by atoms with van der Waals surface area (Å²) in [6.07, 6.45) is 0. The monoisotopic (exact) mass is 352 g/mol. The number of aromatic amines is 1. The molecule has 3 aromatic rings. The number of para-hydroxylation sites is 1. The van der Waals surface area contributed by atoms with E-state index >= 15 is 0 Å². The Kier molecular flexibility index (Phi) is 5.11. The van der Waals surface area contributed by atoms with Gasteiger partial charge in [-0.05, 0) is 36.2 Å². The molecule has 26 heavy (non-hydrogen) atoms. The molecule has 1 heterocycles. The highest BCUT2D eigenvalue weighted by Crippen LogP contribution is 2.14. The van der Waals surface area contributed by atoms with E-state index in [2.05, 4.69) is 29.5 Å². The van der Waals surface area contributed by atoms with Crippen molar-refractivity contribution in [3.8, 4) is 0 Å². The summed E-state index contributed by atoms with van der Waals surface area (Å²) in [6.45, 7) is 4.75. The molecule has 2 aromatic carbocycles. The molecule has 1 unspecified atom stereocenters. The largest absolute Gasteiger partial charge is 0.380 e. The van der Waals surface area contributed by atoms with Crippen molar-refractivity contribution in [2.75, 3.05) is 11.9 Å². The number of hydrogen-bond acceptors (Lipinski definition) is 3. The molecule has 0 aliphatic heterocycles. The van der Waals surface area contributed by atoms with Crippen LogP contribution in [0.4, 0.5) is 5.69 Å². The van der Waals surface area contributed by atoms with Crippen LogP contribution in [0.2, 0.25) is 0 Å². The van der Waals surface area contributed by atoms with Gasteiger partial charge in [0.05, 0.1) is 11.0 Å². The van der Waals surface area contributed by atoms with Gasteiger partial charge in [-0.2, -0.15) is 0 Å². The third-order valence-electron chi connectivity index (χ3n) is 4.58. The van der Waals surface area contributed by atoms with Crippen LogP contribution >= 0.6 is 0 Å². The Balaban J connectivity index is 1.69. The summed E-state index contributed by atoms with van der Waals surface area (Å²) in [5.41, 5.74) is 2.81. The smallest absolute Gasteiger partial charge is 0.326 e. The minimum atomic E-state index is -0.190. The van der Waals surface area contributed by atoms with Crippen molar-refractivity contribution >= 4 is 22.6 Å². The quantitative estimate of drug-likeness (QED) is 0.638. The van der Waals surface area contributed by atoms with Gasteiger partial charge in [-0.25, -0.2) is 4.79 Å². The topological polar surface area (TPSA) is 78.9 Å². The fourth-order valence-electron chi connectivity index (χ4n) is 2.88. The summed E-state index contributed by atoms with van der Waals surface area (Å²) in [4.78, 5) is 27.0. The second-order valence-electron chi connectivity index (χ2n) is 6.79. The van der Waals surface area contributed by atoms with Gasteiger partial charge in [0.2, 0.25) is 0 Å². The molecule has 3 rings (SSSR count). The normalized spacial score (nSPS) is 12.3. The van der Waals surface area contributed by atoms with E-state index in [9.17, 15) is 9.59 Å². The molecule has 1 amide bonds. The third kappa shape index (κ3) is 3.79. The molecule has 0 fully saturated rings. The molecule has 0 aliphatic carbocycles. The molecule has 1 atom stereocenters. The Labute approximate surface area is 152 Å². The maximum absolute atomic E-state index is 12.5. The standard InChI is InChI=1S/C20H24N4O2/c1-13(2)17(22-15-7-5-4-6-8-15)12-21-19(25)14-9-10-18-16(11-14)23-20(26)24(18)3/h4-11,13,17,22H,12H2,1-3H3,(H,21,25)(H,23,26). The summed E-state index contributed by atoms with van der Waals surface area (Å²) >= 11 is 0. The molecule has 136 valence electrons. The molecule has 0 saturated carbocycles. The van der Waals surface area contributed by atoms with Crippen LogP contribution in [0, 0.1) is 5.92 Å². The lowest BCUT2D eigenvalue weighted by molar-refractivity contribution is 0.0950. The summed E-state index contributed by atoms with van der Waals surface area (Å²) in [6, 6.07) is 15.3. The van der Waals surface area contributed by atoms with Gasteiger partial charge in [-0.3, -0.25) is 9.36 Å². The van der Waals surface area contributed by atoms with Gasteiger partial charge < -0.3 is 15.6 Å². The minimum Gasteiger partial charge on any atom is -0.380 e. The molecule has 0 bridgehead atoms. The summed E-state index contributed by atoms with van der Waals surface area (Å²) < 4.78 is 1.52. The van der Waals surface area contributed by atoms with E-state index in [4.69, 9.17) is 0 Å². The van der Waals surface area contributed by atoms with Gasteiger partial charge in [0.15, 0.2) is 0 Å². The molecule has 0 saturated heterocycles. The van der Waals surface area contributed by atoms with Crippen LogP contribution in [0.5, 0.6) is 0 Å². The Morgan fingerprint density at radius 2 is 1.88 bits per heavy atom. The average molecular weight is 352 g/mol. The lowest BCUT2D eigenvalue weighted by Crippen LogP contribution is -2.39. The first kappa shape index (κ1) is 17.8. The SMILES string of the molecule is CC(C)C(CNC(=O)c1ccc2c(c1)[nH]c(=O)n2C)Nc1ccccc1. The number of amides is 1. The second-order valence-corrected chi connectivity index (χ2v) is 6.79. The van der Waals surface area contributed by atoms with Crippen LogP contribution in [-0.2, 0) is 7.05 Å². The second kappa shape index (κ2) is 7.47. The van der Waals surface area contributed by atoms with Gasteiger partial charge in [0, 0.05) is 30.9 Å². The van der Waals surface area contributed by atoms with Crippen LogP contribution in [-0.4, -0.2) is 28.0 Å². The zero-order valence-corrected chi connectivity index (χ0v) is 15.2. The number of fused-ring (bicyclic) bond motifs is 1. The highest BCUT2D eigenvalue weighted by Gasteiger charge is 2.16. The number of anilines is 1. The first-order chi connectivity index (χ1) is 12.5. The van der Waals surface area contributed by atoms with Crippen LogP contribution in [0.15, 0.2) is 53.3 Å². The minimum absolute atomic E-state index is 0.113. The zero-order chi connectivity index (χ0) is 18.7. The van der Waals surface area contributed by atoms with E-state index < -0.39 is 0 Å². The van der Waals surface area contributed by atoms with Crippen LogP contribution in [0.1, 0.15) is 24.2 Å². The van der Waals surface area contributed by atoms with E-state index in [1.54, 1.807) is 25.2 Å². The van der Waals surface area contributed by atoms with E-state index in [1.165, 1.54) is 4.57 Å². The third-order valence-corrected chi connectivity index (χ3v) is 4.58. The fourth-order valence-corrected chi connectivity index (χ4v) is 2.88. The number of imidazole rings is 1. The molecule has 6 nitrogen and oxygen atoms in total. The highest BCUT2D eigenvalue weighted by molar-refractivity contribution is 5.97. The van der Waals surface area contributed by atoms with Crippen LogP contribution in [0.3, 0.4) is 0 Å². The number of carbonyl (C=O) groups excluding carboxylic acids is 1. The van der Waals surface area contributed by atoms with Crippen LogP contribution in [0.25, 0.3) is 11.0 Å². The van der Waals surface area contributed by atoms with Crippen molar-refractivity contribution in [2.45, 2.75) is 19.9 Å². The van der Waals surface area contributed by atoms with E-state index in [0.717, 1.165) is 11.2 Å². The number of benzene rings is 2. The number of nitrogens with one attached hydrogen (secondary N) is 3. The van der Waals surface area contributed by atoms with Gasteiger partial charge >= 0.3 is 5.69 Å². The molecule has 1 aromatic heterocycles. The predicted molar refractivity (Wildman–Crippen MR) is 105 cm³/mol. The predicted octanol–water partition coefficient (Wildman–Crippen LogP) is 2.73. The van der Waals surface area contributed by atoms with Crippen molar-refractivity contribution in [1.82, 2.24) is 14.9 Å². The maximum Gasteiger partial charge on any atom is 0.326 e. The Hall–Kier alpha value is -3.02. The number of carbonyl (C=O) groups is 1. The Morgan fingerprint density at radius 3 is 2.58 bits per heavy atom. The molecule has 0 spiro atoms. The lowest BCUT2D eigenvalue weighted by Gasteiger charge is -2.24. The van der Waals surface area contributed by atoms with Gasteiger partial charge in [-0.1, -0.05) is 32.0 Å². The average Bonchev–Trinajstić information content (AvgIpc) is 2.92. The van der Waals surface area contributed by atoms with E-state index in [1.807, 2.05) is 30.3 Å². The zero-order valence-electron chi connectivity index (χ0n) is 15.2. The van der Waals surface area contributed by atoms with Gasteiger partial charge in [-0.15, -0.1) is 0 Å². The van der Waals surface area contributed by atoms with Gasteiger partial charge in [0.1, 0.15) is 0 Å². The van der Waals surface area contributed by atoms with Crippen molar-refractivity contribution in [3.05, 3.63) is 64.6 Å². The fraction of sp³-hybridized carbons (Fsp3) is 0.300. The number of rotatable bonds is 6. The number of aromatic nitrogens is 2. The molecule has 6 heteroatoms. The first-order valence-electron chi connectivity index (χ1n) is 8.74. The summed E-state index contributed by atoms with van der Waals surface area (Å²) in [7, 11) is 1.70. The van der Waals surface area contributed by atoms with Crippen molar-refractivity contribution < 1.29 is 4.79 Å². The first-order valence-corrected chi connectivity index (χ1v) is 8.74. The van der Waals surface area contributed by atoms with Crippen molar-refractivity contribution in [3.63, 3.8) is 0 Å². The number of aryl methyl sites for hydroxylation is 1. The number of hydrogen-bond donors (Lipinski definition) is 3. The molecule has 0 radical (unpaired) electrons. The number of H-pyrrole nitrogens is 1. The number of nitrogens with zero attached hydrogens (tertiary/aromatic N) is 1. The Bertz CT molecular complexity index is 957. The van der Waals surface area contributed by atoms with Crippen molar-refractivity contribution in [1.29, 1.82) is 0 Å². The Morgan fingerprint density at radius 1 is 1.15 bits per heavy atom. The van der Waals surface area contributed by atoms with Crippen molar-refractivity contribution in [2.24, 2.45) is 13.0 Å². The van der Waals surface area contributed by atoms with Crippen LogP contribution < -0.4 is 16.3 Å². The maximum atomic E-state index is 12.5. The lowest BCUT2D eigenvalue weighted by atomic mass is 10.0. The molecule has 0 aliphatic rings. The molecule has 3 N–H and O–H groups in total. The summed E-state index contributed by atoms with van der Waals surface area (Å²) in [5.74, 6) is 0.195. The molecular weight excluding hydrogens is 328 g/mol. The summed E-state index contributed by atoms with van der Waals surface area (Å²) in [5, 5.41) is 6.45.